The van der Waals surface area contributed by atoms with Crippen LogP contribution >= 0.6 is 23.4 Å². The van der Waals surface area contributed by atoms with E-state index < -0.39 is 10.0 Å². The zero-order valence-corrected chi connectivity index (χ0v) is 19.0. The van der Waals surface area contributed by atoms with E-state index in [9.17, 15) is 13.2 Å². The molecule has 1 amide bonds. The molecule has 30 heavy (non-hydrogen) atoms. The fraction of sp³-hybridized carbons (Fsp3) is 0.300. The lowest BCUT2D eigenvalue weighted by atomic mass is 10.1. The van der Waals surface area contributed by atoms with Gasteiger partial charge in [-0.25, -0.2) is 18.5 Å². The topological polar surface area (TPSA) is 107 Å². The van der Waals surface area contributed by atoms with E-state index in [1.54, 1.807) is 12.1 Å². The molecule has 2 aromatic carbocycles. The van der Waals surface area contributed by atoms with Gasteiger partial charge in [-0.15, -0.1) is 0 Å². The number of amides is 1. The second kappa shape index (κ2) is 9.38. The summed E-state index contributed by atoms with van der Waals surface area (Å²) in [5.41, 5.74) is 2.19. The molecule has 0 bridgehead atoms. The molecule has 0 saturated heterocycles. The average molecular weight is 467 g/mol. The number of sulfonamides is 1. The molecule has 10 heteroatoms. The van der Waals surface area contributed by atoms with Crippen molar-refractivity contribution in [2.24, 2.45) is 5.14 Å². The highest BCUT2D eigenvalue weighted by Gasteiger charge is 2.17. The number of carbonyl (C=O) groups is 1. The zero-order valence-electron chi connectivity index (χ0n) is 16.6. The van der Waals surface area contributed by atoms with Crippen molar-refractivity contribution in [3.63, 3.8) is 0 Å². The van der Waals surface area contributed by atoms with Crippen LogP contribution in [0.5, 0.6) is 0 Å². The highest BCUT2D eigenvalue weighted by Crippen LogP contribution is 2.27. The number of nitrogens with two attached hydrogens (primary N) is 1. The number of aromatic nitrogens is 2. The van der Waals surface area contributed by atoms with E-state index in [0.717, 1.165) is 17.5 Å². The van der Waals surface area contributed by atoms with E-state index >= 15 is 0 Å². The monoisotopic (exact) mass is 466 g/mol. The van der Waals surface area contributed by atoms with Gasteiger partial charge in [-0.2, -0.15) is 0 Å². The lowest BCUT2D eigenvalue weighted by Crippen LogP contribution is -2.28. The largest absolute Gasteiger partial charge is 0.349 e. The van der Waals surface area contributed by atoms with E-state index in [2.05, 4.69) is 10.3 Å². The molecule has 3 rings (SSSR count). The minimum atomic E-state index is -3.81. The van der Waals surface area contributed by atoms with Crippen molar-refractivity contribution in [3.05, 3.63) is 53.1 Å². The van der Waals surface area contributed by atoms with Crippen LogP contribution in [-0.4, -0.2) is 29.6 Å². The molecule has 3 aromatic rings. The number of halogens is 1. The van der Waals surface area contributed by atoms with E-state index in [-0.39, 0.29) is 22.6 Å². The van der Waals surface area contributed by atoms with Gasteiger partial charge in [0.15, 0.2) is 5.16 Å². The lowest BCUT2D eigenvalue weighted by molar-refractivity contribution is -0.119. The van der Waals surface area contributed by atoms with Gasteiger partial charge in [-0.3, -0.25) is 4.79 Å². The van der Waals surface area contributed by atoms with Crippen LogP contribution in [0.25, 0.3) is 11.0 Å². The maximum atomic E-state index is 12.5. The first kappa shape index (κ1) is 22.6. The maximum Gasteiger partial charge on any atom is 0.238 e. The van der Waals surface area contributed by atoms with Crippen LogP contribution in [0.3, 0.4) is 0 Å². The van der Waals surface area contributed by atoms with Gasteiger partial charge in [0.2, 0.25) is 15.9 Å². The second-order valence-electron chi connectivity index (χ2n) is 6.84. The summed E-state index contributed by atoms with van der Waals surface area (Å²) in [6.45, 7) is 4.62. The average Bonchev–Trinajstić information content (AvgIpc) is 3.03. The number of benzene rings is 2. The molecule has 0 aliphatic rings. The summed E-state index contributed by atoms with van der Waals surface area (Å²) in [5, 5.41) is 9.43. The first-order valence-corrected chi connectivity index (χ1v) is 12.3. The van der Waals surface area contributed by atoms with Gasteiger partial charge < -0.3 is 9.88 Å². The van der Waals surface area contributed by atoms with E-state index in [1.165, 1.54) is 23.9 Å². The van der Waals surface area contributed by atoms with Crippen molar-refractivity contribution in [1.29, 1.82) is 0 Å². The quantitative estimate of drug-likeness (QED) is 0.492. The molecule has 0 spiro atoms. The Balaban J connectivity index is 1.76. The fourth-order valence-electron chi connectivity index (χ4n) is 3.13. The summed E-state index contributed by atoms with van der Waals surface area (Å²) >= 11 is 7.50. The first-order chi connectivity index (χ1) is 14.2. The molecule has 160 valence electrons. The normalized spacial score (nSPS) is 12.8. The molecular weight excluding hydrogens is 444 g/mol. The van der Waals surface area contributed by atoms with Gasteiger partial charge >= 0.3 is 0 Å². The van der Waals surface area contributed by atoms with Crippen molar-refractivity contribution in [3.8, 4) is 0 Å². The highest BCUT2D eigenvalue weighted by molar-refractivity contribution is 7.99. The summed E-state index contributed by atoms with van der Waals surface area (Å²) in [7, 11) is -3.81. The Morgan fingerprint density at radius 3 is 2.70 bits per heavy atom. The third-order valence-corrected chi connectivity index (χ3v) is 6.77. The van der Waals surface area contributed by atoms with Crippen LogP contribution in [0.4, 0.5) is 0 Å². The number of nitrogens with zero attached hydrogens (tertiary/aromatic N) is 2. The van der Waals surface area contributed by atoms with Crippen LogP contribution in [0, 0.1) is 0 Å². The Morgan fingerprint density at radius 1 is 1.30 bits per heavy atom. The minimum absolute atomic E-state index is 0.0130. The molecule has 1 aromatic heterocycles. The standard InChI is InChI=1S/C20H23ClN4O3S2/c1-3-10-25-18-9-8-14(30(22,27)28)11-17(18)24-20(25)29-12-19(26)23-13(2)15-6-4-5-7-16(15)21/h4-9,11,13H,3,10,12H2,1-2H3,(H,23,26)(H2,22,27,28). The molecule has 1 heterocycles. The zero-order chi connectivity index (χ0) is 21.9. The third-order valence-electron chi connectivity index (χ3n) is 4.54. The van der Waals surface area contributed by atoms with Crippen molar-refractivity contribution >= 4 is 50.3 Å². The number of thioether (sulfide) groups is 1. The summed E-state index contributed by atoms with van der Waals surface area (Å²) < 4.78 is 25.2. The van der Waals surface area contributed by atoms with E-state index in [0.29, 0.717) is 22.2 Å². The number of fused-ring (bicyclic) bond motifs is 1. The number of imidazole rings is 1. The summed E-state index contributed by atoms with van der Waals surface area (Å²) in [6.07, 6.45) is 0.867. The Bertz CT molecular complexity index is 1180. The first-order valence-electron chi connectivity index (χ1n) is 9.40. The second-order valence-corrected chi connectivity index (χ2v) is 9.75. The van der Waals surface area contributed by atoms with Gasteiger partial charge in [0.1, 0.15) is 0 Å². The molecule has 0 saturated carbocycles. The Hall–Kier alpha value is -2.07. The summed E-state index contributed by atoms with van der Waals surface area (Å²) in [5.74, 6) is 0.0249. The molecule has 3 N–H and O–H groups in total. The van der Waals surface area contributed by atoms with Gasteiger partial charge in [-0.1, -0.05) is 48.5 Å². The molecule has 7 nitrogen and oxygen atoms in total. The van der Waals surface area contributed by atoms with Crippen molar-refractivity contribution in [2.45, 2.75) is 42.9 Å². The predicted octanol–water partition coefficient (Wildman–Crippen LogP) is 3.72. The molecule has 0 aliphatic heterocycles. The summed E-state index contributed by atoms with van der Waals surface area (Å²) in [4.78, 5) is 17.0. The number of aryl methyl sites for hydroxylation is 1. The molecular formula is C20H23ClN4O3S2. The van der Waals surface area contributed by atoms with Crippen LogP contribution < -0.4 is 10.5 Å². The van der Waals surface area contributed by atoms with Gasteiger partial charge in [0.05, 0.1) is 27.7 Å². The third kappa shape index (κ3) is 5.15. The van der Waals surface area contributed by atoms with Crippen molar-refractivity contribution in [2.75, 3.05) is 5.75 Å². The number of hydrogen-bond donors (Lipinski definition) is 2. The van der Waals surface area contributed by atoms with Crippen LogP contribution in [0.2, 0.25) is 5.02 Å². The Kier molecular flexibility index (Phi) is 7.07. The molecule has 0 aliphatic carbocycles. The Labute approximate surface area is 185 Å². The van der Waals surface area contributed by atoms with Gasteiger partial charge in [-0.05, 0) is 43.2 Å². The lowest BCUT2D eigenvalue weighted by Gasteiger charge is -2.15. The summed E-state index contributed by atoms with van der Waals surface area (Å²) in [6, 6.07) is 11.8. The SMILES string of the molecule is CCCn1c(SCC(=O)NC(C)c2ccccc2Cl)nc2cc(S(N)(=O)=O)ccc21. The Morgan fingerprint density at radius 2 is 2.03 bits per heavy atom. The molecule has 1 unspecified atom stereocenters. The maximum absolute atomic E-state index is 12.5. The van der Waals surface area contributed by atoms with Crippen molar-refractivity contribution < 1.29 is 13.2 Å². The molecule has 1 atom stereocenters. The number of nitrogens with one attached hydrogen (secondary N) is 1. The van der Waals surface area contributed by atoms with E-state index in [4.69, 9.17) is 16.7 Å². The number of hydrogen-bond acceptors (Lipinski definition) is 5. The van der Waals surface area contributed by atoms with Crippen molar-refractivity contribution in [1.82, 2.24) is 14.9 Å². The molecule has 0 fully saturated rings. The van der Waals surface area contributed by atoms with Gasteiger partial charge in [0.25, 0.3) is 0 Å². The number of rotatable bonds is 8. The van der Waals surface area contributed by atoms with Crippen LogP contribution in [-0.2, 0) is 21.4 Å². The fourth-order valence-corrected chi connectivity index (χ4v) is 4.82. The smallest absolute Gasteiger partial charge is 0.238 e. The molecule has 0 radical (unpaired) electrons. The predicted molar refractivity (Wildman–Crippen MR) is 120 cm³/mol. The number of primary sulfonamides is 1. The highest BCUT2D eigenvalue weighted by atomic mass is 35.5. The van der Waals surface area contributed by atoms with E-state index in [1.807, 2.05) is 36.6 Å². The minimum Gasteiger partial charge on any atom is -0.349 e. The number of carbonyl (C=O) groups excluding carboxylic acids is 1. The van der Waals surface area contributed by atoms with Crippen LogP contribution in [0.15, 0.2) is 52.5 Å². The van der Waals surface area contributed by atoms with Gasteiger partial charge in [0, 0.05) is 11.6 Å². The van der Waals surface area contributed by atoms with Crippen LogP contribution in [0.1, 0.15) is 31.9 Å².